The molecule has 12 heteroatoms. The quantitative estimate of drug-likeness (QED) is 0.0846. The van der Waals surface area contributed by atoms with Crippen LogP contribution in [-0.2, 0) is 0 Å². The van der Waals surface area contributed by atoms with Crippen LogP contribution in [-0.4, -0.2) is 59.8 Å². The van der Waals surface area contributed by atoms with Crippen molar-refractivity contribution in [3.05, 3.63) is 523 Å². The molecule has 0 unspecified atom stereocenters. The molecule has 0 spiro atoms. The fourth-order valence-corrected chi connectivity index (χ4v) is 20.1. The van der Waals surface area contributed by atoms with E-state index >= 15 is 0 Å². The maximum Gasteiger partial charge on any atom is 0.161 e. The molecule has 0 amide bonds. The summed E-state index contributed by atoms with van der Waals surface area (Å²) in [5.41, 5.74) is 30.1. The summed E-state index contributed by atoms with van der Waals surface area (Å²) in [6.45, 7) is 0. The van der Waals surface area contributed by atoms with Crippen molar-refractivity contribution >= 4 is 86.2 Å². The number of rotatable bonds is 16. The lowest BCUT2D eigenvalue weighted by atomic mass is 9.89. The van der Waals surface area contributed by atoms with Crippen molar-refractivity contribution in [2.24, 2.45) is 0 Å². The highest BCUT2D eigenvalue weighted by Crippen LogP contribution is 2.46. The van der Waals surface area contributed by atoms with Crippen LogP contribution in [0.1, 0.15) is 0 Å². The Morgan fingerprint density at radius 1 is 0.110 bits per heavy atom. The number of nitrogens with zero attached hydrogens (tertiary/aromatic N) is 12. The second kappa shape index (κ2) is 39.1. The number of hydrogen-bond acceptors (Lipinski definition) is 12. The Labute approximate surface area is 843 Å². The van der Waals surface area contributed by atoms with Gasteiger partial charge in [-0.3, -0.25) is 29.9 Å². The summed E-state index contributed by atoms with van der Waals surface area (Å²) in [5, 5.41) is 19.2. The summed E-state index contributed by atoms with van der Waals surface area (Å²) >= 11 is 0. The molecule has 0 aliphatic carbocycles. The maximum absolute atomic E-state index is 5.34. The third-order valence-electron chi connectivity index (χ3n) is 27.5. The molecule has 0 saturated carbocycles. The number of benzene rings is 18. The number of fused-ring (bicyclic) bond motifs is 14. The van der Waals surface area contributed by atoms with Gasteiger partial charge in [0, 0.05) is 124 Å². The highest BCUT2D eigenvalue weighted by Gasteiger charge is 2.23. The lowest BCUT2D eigenvalue weighted by molar-refractivity contribution is 1.18. The molecular weight excluding hydrogens is 1780 g/mol. The predicted molar refractivity (Wildman–Crippen MR) is 600 cm³/mol. The van der Waals surface area contributed by atoms with Crippen LogP contribution in [0, 0.1) is 0 Å². The second-order valence-corrected chi connectivity index (χ2v) is 36.2. The highest BCUT2D eigenvalue weighted by molar-refractivity contribution is 6.27. The molecule has 0 atom stereocenters. The van der Waals surface area contributed by atoms with Crippen LogP contribution < -0.4 is 0 Å². The third kappa shape index (κ3) is 17.6. The van der Waals surface area contributed by atoms with Crippen molar-refractivity contribution in [1.29, 1.82) is 0 Å². The molecule has 0 radical (unpaired) electrons. The molecule has 27 aromatic rings. The minimum absolute atomic E-state index is 0.686. The number of pyridine rings is 6. The monoisotopic (exact) mass is 1860 g/mol. The minimum atomic E-state index is 0.686. The van der Waals surface area contributed by atoms with E-state index < -0.39 is 0 Å². The number of hydrogen-bond donors (Lipinski definition) is 0. The lowest BCUT2D eigenvalue weighted by Gasteiger charge is -2.16. The molecule has 12 nitrogen and oxygen atoms in total. The van der Waals surface area contributed by atoms with Crippen LogP contribution >= 0.6 is 0 Å². The van der Waals surface area contributed by atoms with Crippen LogP contribution in [0.15, 0.2) is 523 Å². The first-order valence-electron chi connectivity index (χ1n) is 48.8. The molecule has 9 heterocycles. The van der Waals surface area contributed by atoms with Crippen LogP contribution in [0.5, 0.6) is 0 Å². The Morgan fingerprint density at radius 2 is 0.342 bits per heavy atom. The normalized spacial score (nSPS) is 11.3. The Hall–Kier alpha value is -19.8. The van der Waals surface area contributed by atoms with Crippen molar-refractivity contribution in [2.75, 3.05) is 0 Å². The molecule has 0 fully saturated rings. The van der Waals surface area contributed by atoms with Crippen molar-refractivity contribution in [3.8, 4) is 180 Å². The van der Waals surface area contributed by atoms with E-state index in [1.807, 2.05) is 110 Å². The number of aromatic nitrogens is 12. The average molecular weight is 1860 g/mol. The Morgan fingerprint density at radius 3 is 0.685 bits per heavy atom. The van der Waals surface area contributed by atoms with E-state index in [0.717, 1.165) is 162 Å². The van der Waals surface area contributed by atoms with Gasteiger partial charge in [-0.05, 0) is 261 Å². The van der Waals surface area contributed by atoms with Crippen LogP contribution in [0.2, 0.25) is 0 Å². The van der Waals surface area contributed by atoms with Gasteiger partial charge in [0.2, 0.25) is 0 Å². The smallest absolute Gasteiger partial charge is 0.161 e. The molecule has 0 bridgehead atoms. The largest absolute Gasteiger partial charge is 0.265 e. The summed E-state index contributed by atoms with van der Waals surface area (Å²) in [7, 11) is 0. The van der Waals surface area contributed by atoms with E-state index in [2.05, 4.69) is 424 Å². The van der Waals surface area contributed by atoms with Crippen molar-refractivity contribution in [3.63, 3.8) is 0 Å². The van der Waals surface area contributed by atoms with Crippen LogP contribution in [0.4, 0.5) is 0 Å². The van der Waals surface area contributed by atoms with E-state index in [0.29, 0.717) is 17.5 Å². The van der Waals surface area contributed by atoms with E-state index in [-0.39, 0.29) is 0 Å². The molecular formula is C134H86N12. The topological polar surface area (TPSA) is 155 Å². The van der Waals surface area contributed by atoms with Gasteiger partial charge in [-0.1, -0.05) is 352 Å². The van der Waals surface area contributed by atoms with Crippen LogP contribution in [0.3, 0.4) is 0 Å². The van der Waals surface area contributed by atoms with Gasteiger partial charge < -0.3 is 0 Å². The van der Waals surface area contributed by atoms with Crippen molar-refractivity contribution in [2.45, 2.75) is 0 Å². The van der Waals surface area contributed by atoms with Gasteiger partial charge in [0.25, 0.3) is 0 Å². The fraction of sp³-hybridized carbons (Fsp3) is 0. The zero-order valence-electron chi connectivity index (χ0n) is 79.0. The molecule has 682 valence electrons. The second-order valence-electron chi connectivity index (χ2n) is 36.2. The molecule has 27 rings (SSSR count). The van der Waals surface area contributed by atoms with Gasteiger partial charge in [-0.2, -0.15) is 0 Å². The van der Waals surface area contributed by atoms with Crippen molar-refractivity contribution < 1.29 is 0 Å². The van der Waals surface area contributed by atoms with E-state index in [4.69, 9.17) is 29.9 Å². The molecule has 0 aliphatic heterocycles. The van der Waals surface area contributed by atoms with E-state index in [9.17, 15) is 0 Å². The van der Waals surface area contributed by atoms with Gasteiger partial charge in [0.15, 0.2) is 17.5 Å². The Balaban J connectivity index is 0.000000115. The van der Waals surface area contributed by atoms with Gasteiger partial charge >= 0.3 is 0 Å². The van der Waals surface area contributed by atoms with E-state index in [1.54, 1.807) is 18.6 Å². The predicted octanol–water partition coefficient (Wildman–Crippen LogP) is 33.7. The first kappa shape index (κ1) is 87.7. The van der Waals surface area contributed by atoms with Crippen molar-refractivity contribution in [1.82, 2.24) is 59.8 Å². The zero-order valence-corrected chi connectivity index (χ0v) is 79.0. The molecule has 0 saturated heterocycles. The fourth-order valence-electron chi connectivity index (χ4n) is 20.1. The first-order chi connectivity index (χ1) is 72.3. The highest BCUT2D eigenvalue weighted by atomic mass is 14.9. The SMILES string of the molecule is c1ccc(-c2cc3c4ccccc4c(-c4nc(-c5ccc(-c6ccncc6)cc5)cc(-c5ccc(-c6cccnc6)cc5)n4)cc3c3ccccc23)cc1.c1cncc(-c2ccc(-c3cc(-c4ccc(-c5ccncc5)cc4)nc(-c4cc5ccccc5c5ccccc45)n3)cc2)c1.c1cncc(-c2ccc(-c3cc(-c4ccc(-c5ccncc5)cc4)nc(-c4ccc5c6ccccc6c6ccccc6c5c4)n3)cc2)c1. The summed E-state index contributed by atoms with van der Waals surface area (Å²) in [4.78, 5) is 56.8. The lowest BCUT2D eigenvalue weighted by Crippen LogP contribution is -1.97. The third-order valence-corrected chi connectivity index (χ3v) is 27.5. The first-order valence-corrected chi connectivity index (χ1v) is 48.8. The summed E-state index contributed by atoms with van der Waals surface area (Å²) < 4.78 is 0. The Kier molecular flexibility index (Phi) is 23.5. The van der Waals surface area contributed by atoms with Gasteiger partial charge in [-0.25, -0.2) is 29.9 Å². The van der Waals surface area contributed by atoms with Gasteiger partial charge in [-0.15, -0.1) is 0 Å². The maximum atomic E-state index is 5.34. The zero-order chi connectivity index (χ0) is 97.0. The molecule has 0 N–H and O–H groups in total. The summed E-state index contributed by atoms with van der Waals surface area (Å²) in [5.74, 6) is 2.08. The molecule has 9 aromatic heterocycles. The minimum Gasteiger partial charge on any atom is -0.265 e. The van der Waals surface area contributed by atoms with E-state index in [1.165, 1.54) is 86.5 Å². The standard InChI is InChI=1S/C50H32N4.C44H28N4.C40H26N4/c1-2-9-36(10-3-1)44-29-45-42-14-6-7-15-43(42)47(30-46(45)41-13-5-4-12-40(41)44)50-53-48(37-20-16-33(17-21-37)35-24-27-51-28-25-35)31-49(54-50)38-22-18-34(19-23-38)39-11-8-26-52-32-39;1-2-9-38-36(7-1)37-8-3-4-10-39(37)41-26-34(19-20-40(38)41)44-47-42(32-15-11-29(12-16-32)31-21-24-45-25-22-31)27-43(48-44)33-17-13-30(14-18-33)35-6-5-23-46-28-35;1-2-8-34-32(6-1)24-37(36-10-4-3-9-35(34)36)40-43-38(30-15-11-27(12-16-30)29-19-22-41-23-20-29)25-39(44-40)31-17-13-28(14-18-31)33-7-5-21-42-26-33/h1-32H;1-28H;1-26H. The summed E-state index contributed by atoms with van der Waals surface area (Å²) in [6.07, 6.45) is 22.0. The molecule has 0 aliphatic rings. The van der Waals surface area contributed by atoms with Crippen LogP contribution in [0.25, 0.3) is 266 Å². The van der Waals surface area contributed by atoms with Gasteiger partial charge in [0.05, 0.1) is 34.2 Å². The molecule has 146 heavy (non-hydrogen) atoms. The summed E-state index contributed by atoms with van der Waals surface area (Å²) in [6, 6.07) is 158. The van der Waals surface area contributed by atoms with Gasteiger partial charge in [0.1, 0.15) is 0 Å². The molecule has 18 aromatic carbocycles. The average Bonchev–Trinajstić information content (AvgIpc) is 0.727. The Bertz CT molecular complexity index is 9180.